The number of carbonyl (C=O) groups excluding carboxylic acids is 1. The minimum absolute atomic E-state index is 0.202. The molecule has 3 nitrogen and oxygen atoms in total. The highest BCUT2D eigenvalue weighted by molar-refractivity contribution is 5.76. The molecule has 1 heterocycles. The fraction of sp³-hybridized carbons (Fsp3) is 0.900. The van der Waals surface area contributed by atoms with Crippen LogP contribution in [0.25, 0.3) is 0 Å². The van der Waals surface area contributed by atoms with E-state index < -0.39 is 0 Å². The van der Waals surface area contributed by atoms with Crippen molar-refractivity contribution >= 4 is 5.91 Å². The zero-order valence-corrected chi connectivity index (χ0v) is 8.17. The van der Waals surface area contributed by atoms with Gasteiger partial charge in [0, 0.05) is 26.1 Å². The van der Waals surface area contributed by atoms with Gasteiger partial charge in [0.2, 0.25) is 5.91 Å². The molecule has 0 bridgehead atoms. The van der Waals surface area contributed by atoms with Crippen molar-refractivity contribution in [1.82, 2.24) is 4.90 Å². The summed E-state index contributed by atoms with van der Waals surface area (Å²) in [6.07, 6.45) is 5.77. The van der Waals surface area contributed by atoms with E-state index in [-0.39, 0.29) is 12.5 Å². The molecule has 1 N–H and O–H groups in total. The molecule has 1 aliphatic heterocycles. The van der Waals surface area contributed by atoms with Crippen LogP contribution in [0.3, 0.4) is 0 Å². The first-order chi connectivity index (χ1) is 6.34. The fourth-order valence-corrected chi connectivity index (χ4v) is 1.69. The molecular formula is C10H19NO2. The highest BCUT2D eigenvalue weighted by Gasteiger charge is 2.15. The normalized spacial score (nSPS) is 17.5. The number of piperidine rings is 1. The number of aliphatic hydroxyl groups is 1. The molecule has 1 amide bonds. The highest BCUT2D eigenvalue weighted by atomic mass is 16.3. The molecular weight excluding hydrogens is 166 g/mol. The summed E-state index contributed by atoms with van der Waals surface area (Å²) in [7, 11) is 0. The molecule has 1 rings (SSSR count). The fourth-order valence-electron chi connectivity index (χ4n) is 1.69. The summed E-state index contributed by atoms with van der Waals surface area (Å²) >= 11 is 0. The first-order valence-electron chi connectivity index (χ1n) is 5.23. The monoisotopic (exact) mass is 185 g/mol. The van der Waals surface area contributed by atoms with Crippen LogP contribution in [0, 0.1) is 0 Å². The Kier molecular flexibility index (Phi) is 4.83. The van der Waals surface area contributed by atoms with Crippen molar-refractivity contribution in [3.05, 3.63) is 0 Å². The Morgan fingerprint density at radius 3 is 2.46 bits per heavy atom. The van der Waals surface area contributed by atoms with Gasteiger partial charge in [-0.1, -0.05) is 0 Å². The maximum atomic E-state index is 11.5. The van der Waals surface area contributed by atoms with Crippen LogP contribution in [0.1, 0.15) is 38.5 Å². The third-order valence-electron chi connectivity index (χ3n) is 2.51. The van der Waals surface area contributed by atoms with Crippen LogP contribution in [0.5, 0.6) is 0 Å². The Labute approximate surface area is 79.7 Å². The van der Waals surface area contributed by atoms with E-state index in [0.29, 0.717) is 6.42 Å². The number of carbonyl (C=O) groups is 1. The van der Waals surface area contributed by atoms with Gasteiger partial charge in [-0.3, -0.25) is 4.79 Å². The SMILES string of the molecule is O=C(CCCCO)N1CCCCC1. The first-order valence-corrected chi connectivity index (χ1v) is 5.23. The molecule has 0 unspecified atom stereocenters. The van der Waals surface area contributed by atoms with Gasteiger partial charge in [-0.2, -0.15) is 0 Å². The second kappa shape index (κ2) is 5.97. The average molecular weight is 185 g/mol. The van der Waals surface area contributed by atoms with Gasteiger partial charge < -0.3 is 10.0 Å². The molecule has 0 spiro atoms. The van der Waals surface area contributed by atoms with Crippen LogP contribution in [-0.2, 0) is 4.79 Å². The number of hydrogen-bond donors (Lipinski definition) is 1. The molecule has 76 valence electrons. The molecule has 3 heteroatoms. The smallest absolute Gasteiger partial charge is 0.222 e. The van der Waals surface area contributed by atoms with Crippen molar-refractivity contribution in [2.45, 2.75) is 38.5 Å². The van der Waals surface area contributed by atoms with Crippen LogP contribution in [0.4, 0.5) is 0 Å². The molecule has 0 aromatic heterocycles. The summed E-state index contributed by atoms with van der Waals surface area (Å²) in [5, 5.41) is 8.56. The minimum atomic E-state index is 0.202. The standard InChI is InChI=1S/C10H19NO2/c12-9-5-2-6-10(13)11-7-3-1-4-8-11/h12H,1-9H2. The quantitative estimate of drug-likeness (QED) is 0.668. The van der Waals surface area contributed by atoms with Gasteiger partial charge in [0.25, 0.3) is 0 Å². The van der Waals surface area contributed by atoms with Gasteiger partial charge >= 0.3 is 0 Å². The lowest BCUT2D eigenvalue weighted by Gasteiger charge is -2.26. The largest absolute Gasteiger partial charge is 0.396 e. The number of amides is 1. The van der Waals surface area contributed by atoms with E-state index in [4.69, 9.17) is 5.11 Å². The summed E-state index contributed by atoms with van der Waals surface area (Å²) in [5.41, 5.74) is 0. The number of hydrogen-bond acceptors (Lipinski definition) is 2. The lowest BCUT2D eigenvalue weighted by Crippen LogP contribution is -2.35. The van der Waals surface area contributed by atoms with Crippen LogP contribution < -0.4 is 0 Å². The molecule has 0 aliphatic carbocycles. The van der Waals surface area contributed by atoms with Crippen molar-refractivity contribution < 1.29 is 9.90 Å². The van der Waals surface area contributed by atoms with E-state index in [1.165, 1.54) is 6.42 Å². The van der Waals surface area contributed by atoms with E-state index in [1.54, 1.807) is 0 Å². The van der Waals surface area contributed by atoms with Crippen LogP contribution in [-0.4, -0.2) is 35.6 Å². The van der Waals surface area contributed by atoms with Crippen LogP contribution in [0.15, 0.2) is 0 Å². The Bertz CT molecular complexity index is 153. The Morgan fingerprint density at radius 2 is 1.85 bits per heavy atom. The summed E-state index contributed by atoms with van der Waals surface area (Å²) in [5.74, 6) is 0.271. The maximum Gasteiger partial charge on any atom is 0.222 e. The Hall–Kier alpha value is -0.570. The van der Waals surface area contributed by atoms with E-state index in [0.717, 1.165) is 38.8 Å². The zero-order chi connectivity index (χ0) is 9.52. The molecule has 0 radical (unpaired) electrons. The second-order valence-corrected chi connectivity index (χ2v) is 3.62. The van der Waals surface area contributed by atoms with Crippen molar-refractivity contribution in [3.63, 3.8) is 0 Å². The van der Waals surface area contributed by atoms with E-state index in [1.807, 2.05) is 4.90 Å². The van der Waals surface area contributed by atoms with Crippen LogP contribution in [0.2, 0.25) is 0 Å². The Morgan fingerprint density at radius 1 is 1.15 bits per heavy atom. The summed E-state index contributed by atoms with van der Waals surface area (Å²) in [4.78, 5) is 13.5. The van der Waals surface area contributed by atoms with E-state index >= 15 is 0 Å². The van der Waals surface area contributed by atoms with Crippen molar-refractivity contribution in [1.29, 1.82) is 0 Å². The lowest BCUT2D eigenvalue weighted by molar-refractivity contribution is -0.132. The number of rotatable bonds is 4. The average Bonchev–Trinajstić information content (AvgIpc) is 2.19. The third kappa shape index (κ3) is 3.77. The molecule has 13 heavy (non-hydrogen) atoms. The number of likely N-dealkylation sites (tertiary alicyclic amines) is 1. The topological polar surface area (TPSA) is 40.5 Å². The maximum absolute atomic E-state index is 11.5. The van der Waals surface area contributed by atoms with Gasteiger partial charge in [0.15, 0.2) is 0 Å². The van der Waals surface area contributed by atoms with E-state index in [9.17, 15) is 4.79 Å². The molecule has 1 fully saturated rings. The molecule has 0 aromatic rings. The number of aliphatic hydroxyl groups excluding tert-OH is 1. The minimum Gasteiger partial charge on any atom is -0.396 e. The molecule has 1 saturated heterocycles. The molecule has 0 atom stereocenters. The Balaban J connectivity index is 2.13. The first kappa shape index (κ1) is 10.5. The highest BCUT2D eigenvalue weighted by Crippen LogP contribution is 2.10. The van der Waals surface area contributed by atoms with Gasteiger partial charge in [0.05, 0.1) is 0 Å². The molecule has 0 saturated carbocycles. The second-order valence-electron chi connectivity index (χ2n) is 3.62. The zero-order valence-electron chi connectivity index (χ0n) is 8.17. The predicted octanol–water partition coefficient (Wildman–Crippen LogP) is 1.16. The van der Waals surface area contributed by atoms with Crippen molar-refractivity contribution in [3.8, 4) is 0 Å². The predicted molar refractivity (Wildman–Crippen MR) is 51.4 cm³/mol. The van der Waals surface area contributed by atoms with E-state index in [2.05, 4.69) is 0 Å². The lowest BCUT2D eigenvalue weighted by atomic mass is 10.1. The molecule has 0 aromatic carbocycles. The van der Waals surface area contributed by atoms with Gasteiger partial charge in [-0.25, -0.2) is 0 Å². The van der Waals surface area contributed by atoms with Gasteiger partial charge in [-0.15, -0.1) is 0 Å². The molecule has 1 aliphatic rings. The van der Waals surface area contributed by atoms with Gasteiger partial charge in [0.1, 0.15) is 0 Å². The summed E-state index contributed by atoms with van der Waals surface area (Å²) < 4.78 is 0. The van der Waals surface area contributed by atoms with Crippen molar-refractivity contribution in [2.24, 2.45) is 0 Å². The summed E-state index contributed by atoms with van der Waals surface area (Å²) in [6.45, 7) is 2.09. The number of nitrogens with zero attached hydrogens (tertiary/aromatic N) is 1. The van der Waals surface area contributed by atoms with Crippen molar-refractivity contribution in [2.75, 3.05) is 19.7 Å². The summed E-state index contributed by atoms with van der Waals surface area (Å²) in [6, 6.07) is 0. The number of unbranched alkanes of at least 4 members (excludes halogenated alkanes) is 1. The third-order valence-corrected chi connectivity index (χ3v) is 2.51. The van der Waals surface area contributed by atoms with Crippen LogP contribution >= 0.6 is 0 Å². The van der Waals surface area contributed by atoms with Gasteiger partial charge in [-0.05, 0) is 32.1 Å².